The van der Waals surface area contributed by atoms with Crippen molar-refractivity contribution in [3.63, 3.8) is 0 Å². The minimum absolute atomic E-state index is 0.392. The first kappa shape index (κ1) is 7.98. The molecule has 0 aliphatic heterocycles. The van der Waals surface area contributed by atoms with Gasteiger partial charge < -0.3 is 0 Å². The molecule has 1 heterocycles. The van der Waals surface area contributed by atoms with Crippen molar-refractivity contribution in [1.29, 1.82) is 0 Å². The molecule has 1 aliphatic carbocycles. The highest BCUT2D eigenvalue weighted by atomic mass is 35.5. The van der Waals surface area contributed by atoms with Crippen LogP contribution < -0.4 is 0 Å². The third-order valence-corrected chi connectivity index (χ3v) is 2.60. The lowest BCUT2D eigenvalue weighted by Gasteiger charge is -2.07. The molecule has 0 spiro atoms. The molecule has 1 aliphatic rings. The Morgan fingerprint density at radius 1 is 1.58 bits per heavy atom. The summed E-state index contributed by atoms with van der Waals surface area (Å²) < 4.78 is 1.81. The van der Waals surface area contributed by atoms with E-state index in [2.05, 4.69) is 22.4 Å². The number of rotatable bonds is 3. The predicted molar refractivity (Wildman–Crippen MR) is 44.7 cm³/mol. The predicted octanol–water partition coefficient (Wildman–Crippen LogP) is 1.21. The third kappa shape index (κ3) is 1.43. The van der Waals surface area contributed by atoms with E-state index in [1.54, 1.807) is 4.68 Å². The second-order valence-electron chi connectivity index (χ2n) is 3.70. The lowest BCUT2D eigenvalue weighted by Crippen LogP contribution is -2.12. The van der Waals surface area contributed by atoms with E-state index in [1.807, 2.05) is 0 Å². The molecule has 1 aromatic heterocycles. The van der Waals surface area contributed by atoms with Crippen molar-refractivity contribution in [2.75, 3.05) is 0 Å². The second kappa shape index (κ2) is 2.69. The Labute approximate surface area is 75.9 Å². The van der Waals surface area contributed by atoms with Gasteiger partial charge in [0, 0.05) is 0 Å². The Balaban J connectivity index is 2.11. The van der Waals surface area contributed by atoms with Crippen molar-refractivity contribution in [3.8, 4) is 0 Å². The highest BCUT2D eigenvalue weighted by Gasteiger charge is 2.38. The number of hydrogen-bond acceptors (Lipinski definition) is 3. The molecule has 2 rings (SSSR count). The summed E-state index contributed by atoms with van der Waals surface area (Å²) in [6, 6.07) is 0. The maximum absolute atomic E-state index is 5.66. The van der Waals surface area contributed by atoms with Gasteiger partial charge in [0.25, 0.3) is 0 Å². The van der Waals surface area contributed by atoms with Crippen LogP contribution in [0.3, 0.4) is 0 Å². The highest BCUT2D eigenvalue weighted by molar-refractivity contribution is 6.16. The van der Waals surface area contributed by atoms with Crippen LogP contribution in [0.15, 0.2) is 0 Å². The maximum atomic E-state index is 5.66. The first-order chi connectivity index (χ1) is 5.73. The van der Waals surface area contributed by atoms with Crippen molar-refractivity contribution >= 4 is 11.6 Å². The lowest BCUT2D eigenvalue weighted by molar-refractivity contribution is 0.417. The first-order valence-electron chi connectivity index (χ1n) is 4.04. The molecule has 0 unspecified atom stereocenters. The van der Waals surface area contributed by atoms with Gasteiger partial charge in [-0.1, -0.05) is 6.92 Å². The molecule has 5 heteroatoms. The Morgan fingerprint density at radius 2 is 2.33 bits per heavy atom. The molecule has 0 aromatic carbocycles. The van der Waals surface area contributed by atoms with Gasteiger partial charge in [-0.3, -0.25) is 0 Å². The minimum atomic E-state index is 0.392. The smallest absolute Gasteiger partial charge is 0.166 e. The van der Waals surface area contributed by atoms with Gasteiger partial charge in [0.1, 0.15) is 0 Å². The monoisotopic (exact) mass is 186 g/mol. The molecule has 0 saturated heterocycles. The van der Waals surface area contributed by atoms with Gasteiger partial charge in [-0.15, -0.1) is 16.7 Å². The average molecular weight is 187 g/mol. The molecular formula is C7H11ClN4. The van der Waals surface area contributed by atoms with E-state index in [0.717, 1.165) is 12.4 Å². The largest absolute Gasteiger partial charge is 0.228 e. The third-order valence-electron chi connectivity index (χ3n) is 2.36. The van der Waals surface area contributed by atoms with E-state index in [4.69, 9.17) is 11.6 Å². The number of tetrazole rings is 1. The zero-order chi connectivity index (χ0) is 8.60. The number of aromatic nitrogens is 4. The lowest BCUT2D eigenvalue weighted by atomic mass is 10.1. The van der Waals surface area contributed by atoms with Crippen molar-refractivity contribution in [1.82, 2.24) is 20.2 Å². The first-order valence-corrected chi connectivity index (χ1v) is 4.58. The van der Waals surface area contributed by atoms with Gasteiger partial charge in [0.15, 0.2) is 5.82 Å². The Bertz CT molecular complexity index is 279. The number of alkyl halides is 1. The van der Waals surface area contributed by atoms with E-state index in [9.17, 15) is 0 Å². The number of halogens is 1. The summed E-state index contributed by atoms with van der Waals surface area (Å²) in [5.41, 5.74) is 0.427. The van der Waals surface area contributed by atoms with E-state index in [0.29, 0.717) is 11.3 Å². The topological polar surface area (TPSA) is 43.6 Å². The van der Waals surface area contributed by atoms with Gasteiger partial charge >= 0.3 is 0 Å². The molecule has 0 N–H and O–H groups in total. The SMILES string of the molecule is CC1(Cn2nnnc2CCl)CC1. The van der Waals surface area contributed by atoms with Crippen molar-refractivity contribution in [2.45, 2.75) is 32.2 Å². The number of nitrogens with zero attached hydrogens (tertiary/aromatic N) is 4. The normalized spacial score (nSPS) is 19.5. The van der Waals surface area contributed by atoms with Gasteiger partial charge in [0.05, 0.1) is 12.4 Å². The summed E-state index contributed by atoms with van der Waals surface area (Å²) in [5.74, 6) is 1.16. The second-order valence-corrected chi connectivity index (χ2v) is 3.96. The van der Waals surface area contributed by atoms with Crippen LogP contribution in [-0.4, -0.2) is 20.2 Å². The summed E-state index contributed by atoms with van der Waals surface area (Å²) in [5, 5.41) is 11.3. The zero-order valence-corrected chi connectivity index (χ0v) is 7.75. The molecule has 12 heavy (non-hydrogen) atoms. The fraction of sp³-hybridized carbons (Fsp3) is 0.857. The van der Waals surface area contributed by atoms with E-state index >= 15 is 0 Å². The van der Waals surface area contributed by atoms with Crippen molar-refractivity contribution in [2.24, 2.45) is 5.41 Å². The quantitative estimate of drug-likeness (QED) is 0.667. The Morgan fingerprint density at radius 3 is 2.92 bits per heavy atom. The Kier molecular flexibility index (Phi) is 1.79. The Hall–Kier alpha value is -0.640. The summed E-state index contributed by atoms with van der Waals surface area (Å²) in [7, 11) is 0. The highest BCUT2D eigenvalue weighted by Crippen LogP contribution is 2.46. The molecule has 1 aromatic rings. The molecule has 0 bridgehead atoms. The molecular weight excluding hydrogens is 176 g/mol. The molecule has 1 fully saturated rings. The summed E-state index contributed by atoms with van der Waals surface area (Å²) in [6.45, 7) is 3.15. The number of hydrogen-bond donors (Lipinski definition) is 0. The molecule has 0 radical (unpaired) electrons. The van der Waals surface area contributed by atoms with Gasteiger partial charge in [0.2, 0.25) is 0 Å². The van der Waals surface area contributed by atoms with Crippen LogP contribution in [0.25, 0.3) is 0 Å². The minimum Gasteiger partial charge on any atom is -0.228 e. The zero-order valence-electron chi connectivity index (χ0n) is 7.00. The van der Waals surface area contributed by atoms with Gasteiger partial charge in [-0.25, -0.2) is 4.68 Å². The van der Waals surface area contributed by atoms with Crippen molar-refractivity contribution < 1.29 is 0 Å². The fourth-order valence-corrected chi connectivity index (χ4v) is 1.37. The molecule has 0 atom stereocenters. The molecule has 0 amide bonds. The van der Waals surface area contributed by atoms with E-state index in [-0.39, 0.29) is 0 Å². The van der Waals surface area contributed by atoms with Crippen LogP contribution in [-0.2, 0) is 12.4 Å². The van der Waals surface area contributed by atoms with Crippen molar-refractivity contribution in [3.05, 3.63) is 5.82 Å². The van der Waals surface area contributed by atoms with Crippen LogP contribution >= 0.6 is 11.6 Å². The van der Waals surface area contributed by atoms with E-state index < -0.39 is 0 Å². The van der Waals surface area contributed by atoms with Crippen LogP contribution in [0.4, 0.5) is 0 Å². The summed E-state index contributed by atoms with van der Waals surface area (Å²) >= 11 is 5.66. The summed E-state index contributed by atoms with van der Waals surface area (Å²) in [6.07, 6.45) is 2.54. The fourth-order valence-electron chi connectivity index (χ4n) is 1.17. The van der Waals surface area contributed by atoms with Crippen LogP contribution in [0.5, 0.6) is 0 Å². The van der Waals surface area contributed by atoms with E-state index in [1.165, 1.54) is 12.8 Å². The van der Waals surface area contributed by atoms with Gasteiger partial charge in [-0.05, 0) is 28.7 Å². The molecule has 1 saturated carbocycles. The van der Waals surface area contributed by atoms with Crippen LogP contribution in [0, 0.1) is 5.41 Å². The average Bonchev–Trinajstić information content (AvgIpc) is 2.64. The standard InChI is InChI=1S/C7H11ClN4/c1-7(2-3-7)5-12-6(4-8)9-10-11-12/h2-5H2,1H3. The van der Waals surface area contributed by atoms with Crippen LogP contribution in [0.2, 0.25) is 0 Å². The summed E-state index contributed by atoms with van der Waals surface area (Å²) in [4.78, 5) is 0. The molecule has 4 nitrogen and oxygen atoms in total. The van der Waals surface area contributed by atoms with Gasteiger partial charge in [-0.2, -0.15) is 0 Å². The maximum Gasteiger partial charge on any atom is 0.166 e. The van der Waals surface area contributed by atoms with Crippen LogP contribution in [0.1, 0.15) is 25.6 Å². The molecule has 66 valence electrons.